The molecule has 0 aliphatic carbocycles. The summed E-state index contributed by atoms with van der Waals surface area (Å²) >= 11 is 0. The first-order valence-electron chi connectivity index (χ1n) is 8.46. The number of carbonyl (C=O) groups is 1. The highest BCUT2D eigenvalue weighted by atomic mass is 16.5. The molecule has 2 atom stereocenters. The fourth-order valence-corrected chi connectivity index (χ4v) is 2.80. The zero-order chi connectivity index (χ0) is 17.6. The monoisotopic (exact) mass is 337 g/mol. The van der Waals surface area contributed by atoms with Crippen molar-refractivity contribution in [1.82, 2.24) is 15.3 Å². The highest BCUT2D eigenvalue weighted by molar-refractivity contribution is 5.78. The number of benzene rings is 2. The van der Waals surface area contributed by atoms with Gasteiger partial charge in [-0.1, -0.05) is 42.5 Å². The Morgan fingerprint density at radius 2 is 1.88 bits per heavy atom. The number of H-pyrrole nitrogens is 1. The van der Waals surface area contributed by atoms with E-state index in [-0.39, 0.29) is 18.1 Å². The number of rotatable bonds is 7. The van der Waals surface area contributed by atoms with Crippen LogP contribution in [0.15, 0.2) is 54.6 Å². The zero-order valence-corrected chi connectivity index (χ0v) is 14.5. The van der Waals surface area contributed by atoms with Crippen LogP contribution in [-0.2, 0) is 16.0 Å². The van der Waals surface area contributed by atoms with Gasteiger partial charge in [-0.15, -0.1) is 0 Å². The highest BCUT2D eigenvalue weighted by Crippen LogP contribution is 2.20. The number of ether oxygens (including phenoxy) is 1. The largest absolute Gasteiger partial charge is 0.381 e. The van der Waals surface area contributed by atoms with Gasteiger partial charge in [0, 0.05) is 7.11 Å². The first-order chi connectivity index (χ1) is 12.2. The first kappa shape index (κ1) is 17.2. The second-order valence-electron chi connectivity index (χ2n) is 6.20. The molecule has 0 radical (unpaired) electrons. The molecule has 2 aromatic carbocycles. The number of fused-ring (bicyclic) bond motifs is 1. The van der Waals surface area contributed by atoms with Crippen molar-refractivity contribution >= 4 is 16.9 Å². The van der Waals surface area contributed by atoms with E-state index in [1.165, 1.54) is 0 Å². The highest BCUT2D eigenvalue weighted by Gasteiger charge is 2.20. The lowest BCUT2D eigenvalue weighted by molar-refractivity contribution is -0.124. The Kier molecular flexibility index (Phi) is 5.46. The number of para-hydroxylation sites is 2. The van der Waals surface area contributed by atoms with Crippen LogP contribution in [0.1, 0.15) is 30.8 Å². The third-order valence-corrected chi connectivity index (χ3v) is 4.23. The Bertz CT molecular complexity index is 796. The predicted octanol–water partition coefficient (Wildman–Crippen LogP) is 3.39. The number of hydrogen-bond acceptors (Lipinski definition) is 3. The molecule has 25 heavy (non-hydrogen) atoms. The molecule has 0 fully saturated rings. The minimum absolute atomic E-state index is 0.0456. The Hall–Kier alpha value is -2.66. The molecule has 5 heteroatoms. The van der Waals surface area contributed by atoms with Crippen LogP contribution >= 0.6 is 0 Å². The molecule has 0 spiro atoms. The Labute approximate surface area is 147 Å². The number of amides is 1. The van der Waals surface area contributed by atoms with Gasteiger partial charge in [0.15, 0.2) is 0 Å². The maximum Gasteiger partial charge on any atom is 0.223 e. The van der Waals surface area contributed by atoms with E-state index in [1.54, 1.807) is 7.11 Å². The van der Waals surface area contributed by atoms with Gasteiger partial charge in [-0.3, -0.25) is 4.79 Å². The van der Waals surface area contributed by atoms with Crippen LogP contribution < -0.4 is 5.32 Å². The molecule has 0 aliphatic heterocycles. The fourth-order valence-electron chi connectivity index (χ4n) is 2.80. The summed E-state index contributed by atoms with van der Waals surface area (Å²) in [5, 5.41) is 3.10. The molecule has 0 saturated heterocycles. The van der Waals surface area contributed by atoms with E-state index in [1.807, 2.05) is 49.4 Å². The zero-order valence-electron chi connectivity index (χ0n) is 14.5. The minimum atomic E-state index is -0.216. The average Bonchev–Trinajstić information content (AvgIpc) is 3.06. The Morgan fingerprint density at radius 3 is 2.60 bits per heavy atom. The fraction of sp³-hybridized carbons (Fsp3) is 0.300. The molecule has 1 unspecified atom stereocenters. The number of nitrogens with zero attached hydrogens (tertiary/aromatic N) is 1. The van der Waals surface area contributed by atoms with Gasteiger partial charge in [0.1, 0.15) is 5.82 Å². The topological polar surface area (TPSA) is 67.0 Å². The first-order valence-corrected chi connectivity index (χ1v) is 8.46. The van der Waals surface area contributed by atoms with Crippen molar-refractivity contribution in [3.05, 3.63) is 66.0 Å². The van der Waals surface area contributed by atoms with Crippen LogP contribution in [0.2, 0.25) is 0 Å². The van der Waals surface area contributed by atoms with Crippen LogP contribution in [0.3, 0.4) is 0 Å². The summed E-state index contributed by atoms with van der Waals surface area (Å²) < 4.78 is 5.19. The van der Waals surface area contributed by atoms with E-state index >= 15 is 0 Å². The maximum absolute atomic E-state index is 12.4. The summed E-state index contributed by atoms with van der Waals surface area (Å²) in [5.74, 6) is 0.721. The maximum atomic E-state index is 12.4. The van der Waals surface area contributed by atoms with E-state index < -0.39 is 0 Å². The summed E-state index contributed by atoms with van der Waals surface area (Å²) in [6.07, 6.45) is 0.878. The molecule has 1 amide bonds. The van der Waals surface area contributed by atoms with Gasteiger partial charge in [0.2, 0.25) is 5.91 Å². The number of hydrogen-bond donors (Lipinski definition) is 2. The van der Waals surface area contributed by atoms with Gasteiger partial charge < -0.3 is 15.0 Å². The van der Waals surface area contributed by atoms with Crippen molar-refractivity contribution in [3.63, 3.8) is 0 Å². The van der Waals surface area contributed by atoms with Crippen LogP contribution in [0.4, 0.5) is 0 Å². The SMILES string of the molecule is COC(C)CC(=O)N[C@@H](Cc1ccccc1)c1nc2ccccc2[nH]1. The second kappa shape index (κ2) is 7.94. The number of methoxy groups -OCH3 is 1. The van der Waals surface area contributed by atoms with Gasteiger partial charge in [-0.25, -0.2) is 4.98 Å². The molecule has 0 bridgehead atoms. The Balaban J connectivity index is 1.84. The van der Waals surface area contributed by atoms with E-state index in [4.69, 9.17) is 4.74 Å². The summed E-state index contributed by atoms with van der Waals surface area (Å²) in [7, 11) is 1.61. The summed E-state index contributed by atoms with van der Waals surface area (Å²) in [4.78, 5) is 20.4. The standard InChI is InChI=1S/C20H23N3O2/c1-14(25-2)12-19(24)21-18(13-15-8-4-3-5-9-15)20-22-16-10-6-7-11-17(16)23-20/h3-11,14,18H,12-13H2,1-2H3,(H,21,24)(H,22,23)/t14?,18-/m0/s1. The van der Waals surface area contributed by atoms with E-state index in [2.05, 4.69) is 27.4 Å². The average molecular weight is 337 g/mol. The number of imidazole rings is 1. The summed E-state index contributed by atoms with van der Waals surface area (Å²) in [5.41, 5.74) is 3.01. The molecule has 5 nitrogen and oxygen atoms in total. The van der Waals surface area contributed by atoms with Crippen molar-refractivity contribution in [2.75, 3.05) is 7.11 Å². The second-order valence-corrected chi connectivity index (χ2v) is 6.20. The van der Waals surface area contributed by atoms with Crippen molar-refractivity contribution in [3.8, 4) is 0 Å². The molecule has 3 rings (SSSR count). The quantitative estimate of drug-likeness (QED) is 0.694. The van der Waals surface area contributed by atoms with Crippen molar-refractivity contribution in [2.45, 2.75) is 31.9 Å². The van der Waals surface area contributed by atoms with E-state index in [9.17, 15) is 4.79 Å². The van der Waals surface area contributed by atoms with Crippen molar-refractivity contribution in [2.24, 2.45) is 0 Å². The minimum Gasteiger partial charge on any atom is -0.381 e. The van der Waals surface area contributed by atoms with Crippen LogP contribution in [-0.4, -0.2) is 29.1 Å². The van der Waals surface area contributed by atoms with Crippen molar-refractivity contribution in [1.29, 1.82) is 0 Å². The van der Waals surface area contributed by atoms with E-state index in [0.29, 0.717) is 12.8 Å². The number of aromatic amines is 1. The number of carbonyl (C=O) groups excluding carboxylic acids is 1. The van der Waals surface area contributed by atoms with Gasteiger partial charge in [-0.2, -0.15) is 0 Å². The molecular weight excluding hydrogens is 314 g/mol. The molecule has 3 aromatic rings. The van der Waals surface area contributed by atoms with Gasteiger partial charge >= 0.3 is 0 Å². The molecule has 1 heterocycles. The predicted molar refractivity (Wildman–Crippen MR) is 98.2 cm³/mol. The van der Waals surface area contributed by atoms with Crippen LogP contribution in [0.5, 0.6) is 0 Å². The molecule has 1 aromatic heterocycles. The third-order valence-electron chi connectivity index (χ3n) is 4.23. The van der Waals surface area contributed by atoms with Gasteiger partial charge in [0.25, 0.3) is 0 Å². The number of nitrogens with one attached hydrogen (secondary N) is 2. The van der Waals surface area contributed by atoms with Gasteiger partial charge in [0.05, 0.1) is 29.6 Å². The molecule has 0 aliphatic rings. The normalized spacial score (nSPS) is 13.5. The lowest BCUT2D eigenvalue weighted by Gasteiger charge is -2.18. The lowest BCUT2D eigenvalue weighted by Crippen LogP contribution is -2.32. The lowest BCUT2D eigenvalue weighted by atomic mass is 10.1. The summed E-state index contributed by atoms with van der Waals surface area (Å²) in [6, 6.07) is 17.8. The van der Waals surface area contributed by atoms with E-state index in [0.717, 1.165) is 22.4 Å². The smallest absolute Gasteiger partial charge is 0.223 e. The summed E-state index contributed by atoms with van der Waals surface area (Å²) in [6.45, 7) is 1.88. The molecule has 0 saturated carbocycles. The van der Waals surface area contributed by atoms with Gasteiger partial charge in [-0.05, 0) is 31.0 Å². The molecule has 2 N–H and O–H groups in total. The molecule has 130 valence electrons. The van der Waals surface area contributed by atoms with Crippen LogP contribution in [0, 0.1) is 0 Å². The Morgan fingerprint density at radius 1 is 1.16 bits per heavy atom. The van der Waals surface area contributed by atoms with Crippen LogP contribution in [0.25, 0.3) is 11.0 Å². The van der Waals surface area contributed by atoms with Crippen molar-refractivity contribution < 1.29 is 9.53 Å². The third kappa shape index (κ3) is 4.45. The molecular formula is C20H23N3O2. The number of aromatic nitrogens is 2.